The minimum Gasteiger partial charge on any atom is -0.495 e. The molecular formula is C17H16ClNO2. The van der Waals surface area contributed by atoms with Gasteiger partial charge in [0, 0.05) is 17.2 Å². The summed E-state index contributed by atoms with van der Waals surface area (Å²) in [5.41, 5.74) is 2.44. The Morgan fingerprint density at radius 3 is 2.62 bits per heavy atom. The predicted molar refractivity (Wildman–Crippen MR) is 86.8 cm³/mol. The first kappa shape index (κ1) is 15.1. The fourth-order valence-electron chi connectivity index (χ4n) is 1.84. The Hall–Kier alpha value is -2.26. The van der Waals surface area contributed by atoms with Gasteiger partial charge in [0.25, 0.3) is 0 Å². The number of hydrogen-bond acceptors (Lipinski definition) is 2. The number of hydrogen-bond donors (Lipinski definition) is 1. The van der Waals surface area contributed by atoms with Crippen LogP contribution in [0.15, 0.2) is 48.5 Å². The monoisotopic (exact) mass is 301 g/mol. The zero-order valence-electron chi connectivity index (χ0n) is 11.9. The van der Waals surface area contributed by atoms with E-state index in [1.165, 1.54) is 13.2 Å². The van der Waals surface area contributed by atoms with Crippen molar-refractivity contribution in [2.75, 3.05) is 12.4 Å². The molecule has 0 aromatic heterocycles. The van der Waals surface area contributed by atoms with E-state index < -0.39 is 0 Å². The Morgan fingerprint density at radius 1 is 1.24 bits per heavy atom. The third kappa shape index (κ3) is 4.10. The van der Waals surface area contributed by atoms with Gasteiger partial charge in [-0.15, -0.1) is 0 Å². The third-order valence-electron chi connectivity index (χ3n) is 2.97. The Labute approximate surface area is 129 Å². The summed E-state index contributed by atoms with van der Waals surface area (Å²) < 4.78 is 5.22. The topological polar surface area (TPSA) is 38.3 Å². The van der Waals surface area contributed by atoms with Crippen LogP contribution in [0.5, 0.6) is 5.75 Å². The van der Waals surface area contributed by atoms with Gasteiger partial charge in [-0.3, -0.25) is 4.79 Å². The number of aryl methyl sites for hydroxylation is 1. The number of halogens is 1. The molecule has 0 radical (unpaired) electrons. The van der Waals surface area contributed by atoms with Crippen LogP contribution in [0.4, 0.5) is 5.69 Å². The Balaban J connectivity index is 2.13. The molecule has 0 unspecified atom stereocenters. The van der Waals surface area contributed by atoms with Gasteiger partial charge in [0.15, 0.2) is 0 Å². The van der Waals surface area contributed by atoms with Crippen molar-refractivity contribution in [1.82, 2.24) is 0 Å². The molecule has 0 bridgehead atoms. The lowest BCUT2D eigenvalue weighted by molar-refractivity contribution is -0.111. The van der Waals surface area contributed by atoms with E-state index >= 15 is 0 Å². The number of nitrogens with one attached hydrogen (secondary N) is 1. The molecule has 3 nitrogen and oxygen atoms in total. The van der Waals surface area contributed by atoms with Crippen molar-refractivity contribution < 1.29 is 9.53 Å². The molecule has 2 aromatic carbocycles. The van der Waals surface area contributed by atoms with Crippen LogP contribution in [0.3, 0.4) is 0 Å². The van der Waals surface area contributed by atoms with Gasteiger partial charge < -0.3 is 10.1 Å². The van der Waals surface area contributed by atoms with Crippen LogP contribution >= 0.6 is 11.6 Å². The summed E-state index contributed by atoms with van der Waals surface area (Å²) in [6.45, 7) is 1.87. The number of carbonyl (C=O) groups excluding carboxylic acids is 1. The molecule has 0 aliphatic rings. The molecule has 0 aliphatic carbocycles. The van der Waals surface area contributed by atoms with Crippen molar-refractivity contribution in [2.45, 2.75) is 6.92 Å². The van der Waals surface area contributed by atoms with Crippen molar-refractivity contribution in [3.05, 3.63) is 64.7 Å². The second-order valence-electron chi connectivity index (χ2n) is 4.53. The lowest BCUT2D eigenvalue weighted by Gasteiger charge is -2.11. The molecule has 108 valence electrons. The average Bonchev–Trinajstić information content (AvgIpc) is 2.49. The van der Waals surface area contributed by atoms with Crippen LogP contribution in [0.2, 0.25) is 5.02 Å². The number of anilines is 1. The summed E-state index contributed by atoms with van der Waals surface area (Å²) >= 11 is 6.04. The van der Waals surface area contributed by atoms with E-state index in [-0.39, 0.29) is 5.91 Å². The van der Waals surface area contributed by atoms with Gasteiger partial charge in [-0.1, -0.05) is 41.9 Å². The highest BCUT2D eigenvalue weighted by atomic mass is 35.5. The van der Waals surface area contributed by atoms with Crippen molar-refractivity contribution in [3.8, 4) is 5.75 Å². The minimum absolute atomic E-state index is 0.223. The molecule has 0 spiro atoms. The van der Waals surface area contributed by atoms with Crippen molar-refractivity contribution in [1.29, 1.82) is 0 Å². The fourth-order valence-corrected chi connectivity index (χ4v) is 1.99. The molecule has 4 heteroatoms. The van der Waals surface area contributed by atoms with Crippen molar-refractivity contribution in [3.63, 3.8) is 0 Å². The van der Waals surface area contributed by atoms with Gasteiger partial charge in [0.2, 0.25) is 5.91 Å². The van der Waals surface area contributed by atoms with E-state index in [1.807, 2.05) is 37.3 Å². The van der Waals surface area contributed by atoms with E-state index in [9.17, 15) is 4.79 Å². The fraction of sp³-hybridized carbons (Fsp3) is 0.118. The van der Waals surface area contributed by atoms with Crippen LogP contribution < -0.4 is 10.1 Å². The number of benzene rings is 2. The molecule has 2 aromatic rings. The Kier molecular flexibility index (Phi) is 5.01. The highest BCUT2D eigenvalue weighted by Crippen LogP contribution is 2.30. The molecule has 0 atom stereocenters. The lowest BCUT2D eigenvalue weighted by atomic mass is 10.2. The summed E-state index contributed by atoms with van der Waals surface area (Å²) in [4.78, 5) is 12.0. The molecule has 0 fully saturated rings. The van der Waals surface area contributed by atoms with E-state index in [0.29, 0.717) is 16.5 Å². The predicted octanol–water partition coefficient (Wildman–Crippen LogP) is 4.31. The number of amides is 1. The molecular weight excluding hydrogens is 286 g/mol. The van der Waals surface area contributed by atoms with Gasteiger partial charge in [-0.05, 0) is 30.2 Å². The highest BCUT2D eigenvalue weighted by molar-refractivity contribution is 6.31. The summed E-state index contributed by atoms with van der Waals surface area (Å²) in [6, 6.07) is 13.1. The van der Waals surface area contributed by atoms with Gasteiger partial charge in [0.05, 0.1) is 12.8 Å². The smallest absolute Gasteiger partial charge is 0.248 e. The minimum atomic E-state index is -0.223. The first-order valence-electron chi connectivity index (χ1n) is 6.48. The Morgan fingerprint density at radius 2 is 1.95 bits per heavy atom. The summed E-state index contributed by atoms with van der Waals surface area (Å²) in [7, 11) is 1.54. The van der Waals surface area contributed by atoms with E-state index in [0.717, 1.165) is 11.1 Å². The lowest BCUT2D eigenvalue weighted by Crippen LogP contribution is -2.09. The molecule has 0 heterocycles. The van der Waals surface area contributed by atoms with Gasteiger partial charge in [-0.2, -0.15) is 0 Å². The first-order valence-corrected chi connectivity index (χ1v) is 6.86. The van der Waals surface area contributed by atoms with Gasteiger partial charge >= 0.3 is 0 Å². The van der Waals surface area contributed by atoms with Gasteiger partial charge in [0.1, 0.15) is 5.75 Å². The first-order chi connectivity index (χ1) is 10.1. The molecule has 2 rings (SSSR count). The maximum Gasteiger partial charge on any atom is 0.248 e. The normalized spacial score (nSPS) is 10.6. The summed E-state index contributed by atoms with van der Waals surface area (Å²) in [6.07, 6.45) is 3.24. The zero-order valence-corrected chi connectivity index (χ0v) is 12.6. The van der Waals surface area contributed by atoms with Crippen LogP contribution in [-0.4, -0.2) is 13.0 Å². The summed E-state index contributed by atoms with van der Waals surface area (Å²) in [5, 5.41) is 3.39. The maximum absolute atomic E-state index is 12.0. The number of ether oxygens (including phenoxy) is 1. The van der Waals surface area contributed by atoms with Crippen LogP contribution in [-0.2, 0) is 4.79 Å². The molecule has 0 aliphatic heterocycles. The standard InChI is InChI=1S/C17H16ClNO2/c1-12-10-15(16(21-2)11-14(12)18)19-17(20)9-8-13-6-4-3-5-7-13/h3-11H,1-2H3,(H,19,20). The zero-order chi connectivity index (χ0) is 15.2. The SMILES string of the molecule is COc1cc(Cl)c(C)cc1NC(=O)C=Cc1ccccc1. The highest BCUT2D eigenvalue weighted by Gasteiger charge is 2.08. The van der Waals surface area contributed by atoms with E-state index in [2.05, 4.69) is 5.32 Å². The maximum atomic E-state index is 12.0. The van der Waals surface area contributed by atoms with Crippen molar-refractivity contribution in [2.24, 2.45) is 0 Å². The molecule has 0 saturated carbocycles. The second kappa shape index (κ2) is 6.95. The van der Waals surface area contributed by atoms with Crippen LogP contribution in [0.25, 0.3) is 6.08 Å². The number of carbonyl (C=O) groups is 1. The van der Waals surface area contributed by atoms with Crippen LogP contribution in [0.1, 0.15) is 11.1 Å². The third-order valence-corrected chi connectivity index (χ3v) is 3.37. The molecule has 1 amide bonds. The molecule has 1 N–H and O–H groups in total. The number of rotatable bonds is 4. The summed E-state index contributed by atoms with van der Waals surface area (Å²) in [5.74, 6) is 0.311. The van der Waals surface area contributed by atoms with Crippen LogP contribution in [0, 0.1) is 6.92 Å². The number of methoxy groups -OCH3 is 1. The molecule has 0 saturated heterocycles. The quantitative estimate of drug-likeness (QED) is 0.855. The van der Waals surface area contributed by atoms with E-state index in [1.54, 1.807) is 18.2 Å². The largest absolute Gasteiger partial charge is 0.495 e. The van der Waals surface area contributed by atoms with Gasteiger partial charge in [-0.25, -0.2) is 0 Å². The Bertz CT molecular complexity index is 666. The molecule has 21 heavy (non-hydrogen) atoms. The van der Waals surface area contributed by atoms with Crippen molar-refractivity contribution >= 4 is 29.3 Å². The second-order valence-corrected chi connectivity index (χ2v) is 4.94. The average molecular weight is 302 g/mol. The van der Waals surface area contributed by atoms with E-state index in [4.69, 9.17) is 16.3 Å².